The summed E-state index contributed by atoms with van der Waals surface area (Å²) in [6.07, 6.45) is 3.38. The second kappa shape index (κ2) is 10.5. The van der Waals surface area contributed by atoms with Crippen LogP contribution in [0.3, 0.4) is 0 Å². The Labute approximate surface area is 193 Å². The molecule has 1 atom stereocenters. The third kappa shape index (κ3) is 5.44. The van der Waals surface area contributed by atoms with Crippen molar-refractivity contribution in [1.82, 2.24) is 19.7 Å². The normalized spacial score (nSPS) is 12.0. The van der Waals surface area contributed by atoms with Gasteiger partial charge in [0.2, 0.25) is 5.91 Å². The van der Waals surface area contributed by atoms with E-state index in [9.17, 15) is 4.79 Å². The second-order valence-corrected chi connectivity index (χ2v) is 8.71. The number of nitrogens with one attached hydrogen (secondary N) is 1. The number of hydrogen-bond donors (Lipinski definition) is 1. The summed E-state index contributed by atoms with van der Waals surface area (Å²) >= 11 is 19.4. The fourth-order valence-electron chi connectivity index (χ4n) is 2.54. The third-order valence-corrected chi connectivity index (χ3v) is 6.21. The van der Waals surface area contributed by atoms with Gasteiger partial charge in [-0.1, -0.05) is 46.6 Å². The lowest BCUT2D eigenvalue weighted by Gasteiger charge is -2.14. The Hall–Kier alpha value is -1.84. The zero-order valence-corrected chi connectivity index (χ0v) is 19.2. The first-order chi connectivity index (χ1) is 14.4. The highest BCUT2D eigenvalue weighted by atomic mass is 35.5. The van der Waals surface area contributed by atoms with Gasteiger partial charge >= 0.3 is 0 Å². The average Bonchev–Trinajstić information content (AvgIpc) is 3.13. The Morgan fingerprint density at radius 1 is 1.17 bits per heavy atom. The number of carbonyl (C=O) groups is 1. The number of methoxy groups -OCH3 is 1. The molecule has 0 aliphatic heterocycles. The third-order valence-electron chi connectivity index (χ3n) is 4.09. The van der Waals surface area contributed by atoms with Crippen molar-refractivity contribution < 1.29 is 9.53 Å². The molecule has 0 bridgehead atoms. The van der Waals surface area contributed by atoms with Crippen molar-refractivity contribution >= 4 is 58.2 Å². The lowest BCUT2D eigenvalue weighted by molar-refractivity contribution is -0.115. The maximum absolute atomic E-state index is 12.7. The number of thioether (sulfide) groups is 1. The molecule has 0 aliphatic rings. The summed E-state index contributed by atoms with van der Waals surface area (Å²) in [5, 5.41) is 12.4. The smallest absolute Gasteiger partial charge is 0.237 e. The number of aromatic nitrogens is 4. The van der Waals surface area contributed by atoms with Gasteiger partial charge in [0.25, 0.3) is 0 Å². The van der Waals surface area contributed by atoms with Crippen LogP contribution < -0.4 is 5.32 Å². The number of rotatable bonds is 8. The van der Waals surface area contributed by atoms with E-state index in [0.29, 0.717) is 44.9 Å². The summed E-state index contributed by atoms with van der Waals surface area (Å²) in [7, 11) is 1.63. The molecule has 11 heteroatoms. The molecule has 30 heavy (non-hydrogen) atoms. The van der Waals surface area contributed by atoms with Crippen LogP contribution in [0.5, 0.6) is 0 Å². The largest absolute Gasteiger partial charge is 0.383 e. The van der Waals surface area contributed by atoms with Gasteiger partial charge in [0.1, 0.15) is 0 Å². The highest BCUT2D eigenvalue weighted by Crippen LogP contribution is 2.33. The molecule has 2 heterocycles. The molecule has 0 saturated carbocycles. The quantitative estimate of drug-likeness (QED) is 0.354. The van der Waals surface area contributed by atoms with Gasteiger partial charge < -0.3 is 10.1 Å². The van der Waals surface area contributed by atoms with E-state index in [0.717, 1.165) is 5.56 Å². The zero-order chi connectivity index (χ0) is 21.7. The first kappa shape index (κ1) is 22.8. The lowest BCUT2D eigenvalue weighted by Crippen LogP contribution is -2.23. The molecule has 0 fully saturated rings. The van der Waals surface area contributed by atoms with Gasteiger partial charge in [-0.15, -0.1) is 10.2 Å². The minimum Gasteiger partial charge on any atom is -0.383 e. The standard InChI is InChI=1S/C19H18Cl3N5O2S/c1-11(18(28)24-16-10-14(21)13(20)9-15(16)22)30-19-26-25-17(27(19)7-8-29-2)12-3-5-23-6-4-12/h3-6,9-11H,7-8H2,1-2H3,(H,24,28). The summed E-state index contributed by atoms with van der Waals surface area (Å²) in [6.45, 7) is 2.78. The molecule has 0 saturated heterocycles. The van der Waals surface area contributed by atoms with Gasteiger partial charge in [-0.05, 0) is 31.2 Å². The average molecular weight is 487 g/mol. The van der Waals surface area contributed by atoms with E-state index in [2.05, 4.69) is 20.5 Å². The van der Waals surface area contributed by atoms with Crippen LogP contribution in [0.1, 0.15) is 6.92 Å². The number of hydrogen-bond acceptors (Lipinski definition) is 6. The van der Waals surface area contributed by atoms with Crippen molar-refractivity contribution in [1.29, 1.82) is 0 Å². The van der Waals surface area contributed by atoms with E-state index in [4.69, 9.17) is 39.5 Å². The first-order valence-electron chi connectivity index (χ1n) is 8.85. The molecule has 1 aromatic carbocycles. The number of nitrogens with zero attached hydrogens (tertiary/aromatic N) is 4. The number of anilines is 1. The van der Waals surface area contributed by atoms with Crippen LogP contribution in [0.2, 0.25) is 15.1 Å². The minimum absolute atomic E-state index is 0.257. The molecule has 3 aromatic rings. The Morgan fingerprint density at radius 2 is 1.87 bits per heavy atom. The van der Waals surface area contributed by atoms with E-state index < -0.39 is 5.25 Å². The zero-order valence-electron chi connectivity index (χ0n) is 16.1. The van der Waals surface area contributed by atoms with Gasteiger partial charge in [-0.3, -0.25) is 14.3 Å². The fourth-order valence-corrected chi connectivity index (χ4v) is 4.01. The number of amides is 1. The monoisotopic (exact) mass is 485 g/mol. The maximum atomic E-state index is 12.7. The van der Waals surface area contributed by atoms with E-state index in [1.807, 2.05) is 16.7 Å². The van der Waals surface area contributed by atoms with Gasteiger partial charge in [-0.2, -0.15) is 0 Å². The summed E-state index contributed by atoms with van der Waals surface area (Å²) < 4.78 is 7.13. The van der Waals surface area contributed by atoms with Gasteiger partial charge in [0.05, 0.1) is 39.2 Å². The molecule has 7 nitrogen and oxygen atoms in total. The molecule has 3 rings (SSSR count). The van der Waals surface area contributed by atoms with Gasteiger partial charge in [0, 0.05) is 25.1 Å². The number of ether oxygens (including phenoxy) is 1. The predicted molar refractivity (Wildman–Crippen MR) is 121 cm³/mol. The first-order valence-corrected chi connectivity index (χ1v) is 10.9. The van der Waals surface area contributed by atoms with Crippen LogP contribution in [0.4, 0.5) is 5.69 Å². The van der Waals surface area contributed by atoms with Crippen LogP contribution in [0.15, 0.2) is 41.8 Å². The van der Waals surface area contributed by atoms with Crippen LogP contribution in [0, 0.1) is 0 Å². The summed E-state index contributed by atoms with van der Waals surface area (Å²) in [5.41, 5.74) is 1.27. The van der Waals surface area contributed by atoms with Crippen LogP contribution >= 0.6 is 46.6 Å². The summed E-state index contributed by atoms with van der Waals surface area (Å²) in [6, 6.07) is 6.71. The number of halogens is 3. The molecule has 0 spiro atoms. The molecule has 1 amide bonds. The van der Waals surface area contributed by atoms with E-state index in [1.165, 1.54) is 23.9 Å². The molecule has 2 aromatic heterocycles. The summed E-state index contributed by atoms with van der Waals surface area (Å²) in [4.78, 5) is 16.7. The van der Waals surface area contributed by atoms with E-state index >= 15 is 0 Å². The number of carbonyl (C=O) groups excluding carboxylic acids is 1. The highest BCUT2D eigenvalue weighted by Gasteiger charge is 2.22. The molecular weight excluding hydrogens is 469 g/mol. The van der Waals surface area contributed by atoms with E-state index in [1.54, 1.807) is 26.4 Å². The second-order valence-electron chi connectivity index (χ2n) is 6.18. The number of pyridine rings is 1. The van der Waals surface area contributed by atoms with Crippen molar-refractivity contribution in [3.8, 4) is 11.4 Å². The van der Waals surface area contributed by atoms with Crippen molar-refractivity contribution in [2.24, 2.45) is 0 Å². The summed E-state index contributed by atoms with van der Waals surface area (Å²) in [5.74, 6) is 0.420. The van der Waals surface area contributed by atoms with Gasteiger partial charge in [-0.25, -0.2) is 0 Å². The van der Waals surface area contributed by atoms with Crippen molar-refractivity contribution in [2.45, 2.75) is 23.9 Å². The Kier molecular flexibility index (Phi) is 7.96. The molecular formula is C19H18Cl3N5O2S. The minimum atomic E-state index is -0.480. The molecule has 1 unspecified atom stereocenters. The van der Waals surface area contributed by atoms with Crippen LogP contribution in [-0.4, -0.2) is 44.6 Å². The maximum Gasteiger partial charge on any atom is 0.237 e. The highest BCUT2D eigenvalue weighted by molar-refractivity contribution is 8.00. The lowest BCUT2D eigenvalue weighted by atomic mass is 10.2. The van der Waals surface area contributed by atoms with Crippen molar-refractivity contribution in [3.63, 3.8) is 0 Å². The van der Waals surface area contributed by atoms with Gasteiger partial charge in [0.15, 0.2) is 11.0 Å². The molecule has 1 N–H and O–H groups in total. The SMILES string of the molecule is COCCn1c(SC(C)C(=O)Nc2cc(Cl)c(Cl)cc2Cl)nnc1-c1ccncc1. The predicted octanol–water partition coefficient (Wildman–Crippen LogP) is 5.07. The van der Waals surface area contributed by atoms with Crippen LogP contribution in [-0.2, 0) is 16.1 Å². The van der Waals surface area contributed by atoms with E-state index in [-0.39, 0.29) is 5.91 Å². The Morgan fingerprint density at radius 3 is 2.57 bits per heavy atom. The molecule has 158 valence electrons. The van der Waals surface area contributed by atoms with Crippen molar-refractivity contribution in [2.75, 3.05) is 19.0 Å². The Bertz CT molecular complexity index is 1030. The topological polar surface area (TPSA) is 81.9 Å². The fraction of sp³-hybridized carbons (Fsp3) is 0.263. The molecule has 0 radical (unpaired) electrons. The Balaban J connectivity index is 1.79. The number of benzene rings is 1. The molecule has 0 aliphatic carbocycles. The van der Waals surface area contributed by atoms with Crippen molar-refractivity contribution in [3.05, 3.63) is 51.7 Å². The van der Waals surface area contributed by atoms with Crippen LogP contribution in [0.25, 0.3) is 11.4 Å².